The van der Waals surface area contributed by atoms with Gasteiger partial charge in [-0.05, 0) is 69.9 Å². The molecule has 1 fully saturated rings. The lowest BCUT2D eigenvalue weighted by Crippen LogP contribution is -2.56. The lowest BCUT2D eigenvalue weighted by molar-refractivity contribution is -0.157. The molecular weight excluding hydrogens is 540 g/mol. The highest BCUT2D eigenvalue weighted by atomic mass is 16.6. The first-order valence-electron chi connectivity index (χ1n) is 14.7. The Hall–Kier alpha value is -4.20. The first kappa shape index (κ1) is 30.3. The Balaban J connectivity index is 1.38. The molecule has 0 radical (unpaired) electrons. The van der Waals surface area contributed by atoms with Crippen molar-refractivity contribution in [3.8, 4) is 22.5 Å². The zero-order chi connectivity index (χ0) is 30.6. The Bertz CT molecular complexity index is 1520. The van der Waals surface area contributed by atoms with Gasteiger partial charge in [-0.15, -0.1) is 0 Å². The third-order valence-corrected chi connectivity index (χ3v) is 7.47. The van der Waals surface area contributed by atoms with Crippen LogP contribution in [0.5, 0.6) is 0 Å². The van der Waals surface area contributed by atoms with Crippen molar-refractivity contribution >= 4 is 11.9 Å². The van der Waals surface area contributed by atoms with E-state index in [0.29, 0.717) is 24.5 Å². The van der Waals surface area contributed by atoms with E-state index in [-0.39, 0.29) is 18.4 Å². The van der Waals surface area contributed by atoms with Crippen LogP contribution in [0.2, 0.25) is 0 Å². The molecule has 4 aromatic rings. The molecule has 1 aliphatic rings. The van der Waals surface area contributed by atoms with Crippen LogP contribution in [0, 0.1) is 0 Å². The molecule has 0 saturated carbocycles. The predicted molar refractivity (Wildman–Crippen MR) is 167 cm³/mol. The zero-order valence-electron chi connectivity index (χ0n) is 25.5. The first-order chi connectivity index (χ1) is 20.5. The van der Waals surface area contributed by atoms with Crippen LogP contribution in [-0.2, 0) is 25.5 Å². The number of carbonyl (C=O) groups excluding carboxylic acids is 2. The molecule has 3 aromatic carbocycles. The van der Waals surface area contributed by atoms with Gasteiger partial charge in [0.1, 0.15) is 28.8 Å². The molecule has 0 spiro atoms. The Morgan fingerprint density at radius 2 is 1.49 bits per heavy atom. The molecule has 5 rings (SSSR count). The standard InChI is InChI=1S/C36H40N2O5/c1-35(2,3)43-33(39)23-30(34(40)37-38-29(24-41-36(38,4)5)22-25-12-8-6-9-13-25)32-21-20-31(42-32)28-18-16-27(17-19-28)26-14-10-7-11-15-26/h6-21,29-30H,22-24H2,1-5H3,(H,37,40)/t29-,30+/m0/s1. The topological polar surface area (TPSA) is 81.0 Å². The third kappa shape index (κ3) is 7.61. The van der Waals surface area contributed by atoms with Gasteiger partial charge in [0.2, 0.25) is 5.91 Å². The quantitative estimate of drug-likeness (QED) is 0.212. The number of ether oxygens (including phenoxy) is 2. The van der Waals surface area contributed by atoms with Gasteiger partial charge in [0.25, 0.3) is 0 Å². The molecule has 7 nitrogen and oxygen atoms in total. The maximum Gasteiger partial charge on any atom is 0.307 e. The SMILES string of the molecule is CC(C)(C)OC(=O)C[C@@H](C(=O)NN1[C@@H](Cc2ccccc2)COC1(C)C)c1ccc(-c2ccc(-c3ccccc3)cc2)o1. The molecule has 1 saturated heterocycles. The lowest BCUT2D eigenvalue weighted by Gasteiger charge is -2.34. The summed E-state index contributed by atoms with van der Waals surface area (Å²) < 4.78 is 17.9. The summed E-state index contributed by atoms with van der Waals surface area (Å²) in [5.41, 5.74) is 5.91. The Morgan fingerprint density at radius 1 is 0.884 bits per heavy atom. The second-order valence-corrected chi connectivity index (χ2v) is 12.4. The summed E-state index contributed by atoms with van der Waals surface area (Å²) in [5, 5.41) is 1.86. The zero-order valence-corrected chi connectivity index (χ0v) is 25.5. The third-order valence-electron chi connectivity index (χ3n) is 7.47. The average Bonchev–Trinajstić information content (AvgIpc) is 3.57. The molecule has 1 aromatic heterocycles. The molecule has 1 aliphatic heterocycles. The molecule has 2 heterocycles. The van der Waals surface area contributed by atoms with Gasteiger partial charge in [0, 0.05) is 5.56 Å². The molecule has 7 heteroatoms. The highest BCUT2D eigenvalue weighted by Crippen LogP contribution is 2.32. The van der Waals surface area contributed by atoms with Crippen molar-refractivity contribution in [3.05, 3.63) is 108 Å². The van der Waals surface area contributed by atoms with E-state index in [1.807, 2.05) is 106 Å². The van der Waals surface area contributed by atoms with E-state index in [0.717, 1.165) is 22.3 Å². The number of furan rings is 1. The summed E-state index contributed by atoms with van der Waals surface area (Å²) in [6.07, 6.45) is 0.534. The summed E-state index contributed by atoms with van der Waals surface area (Å²) in [7, 11) is 0. The fourth-order valence-electron chi connectivity index (χ4n) is 5.37. The van der Waals surface area contributed by atoms with Crippen molar-refractivity contribution in [3.63, 3.8) is 0 Å². The van der Waals surface area contributed by atoms with Gasteiger partial charge in [-0.2, -0.15) is 5.01 Å². The number of hydrogen-bond donors (Lipinski definition) is 1. The fourth-order valence-corrected chi connectivity index (χ4v) is 5.37. The van der Waals surface area contributed by atoms with Crippen LogP contribution >= 0.6 is 0 Å². The van der Waals surface area contributed by atoms with E-state index < -0.39 is 23.2 Å². The first-order valence-corrected chi connectivity index (χ1v) is 14.7. The van der Waals surface area contributed by atoms with Crippen LogP contribution in [-0.4, -0.2) is 40.9 Å². The number of amides is 1. The van der Waals surface area contributed by atoms with Gasteiger partial charge >= 0.3 is 5.97 Å². The van der Waals surface area contributed by atoms with Gasteiger partial charge < -0.3 is 13.9 Å². The molecule has 43 heavy (non-hydrogen) atoms. The fraction of sp³-hybridized carbons (Fsp3) is 0.333. The number of hydrazine groups is 1. The van der Waals surface area contributed by atoms with Crippen molar-refractivity contribution < 1.29 is 23.5 Å². The molecule has 224 valence electrons. The van der Waals surface area contributed by atoms with Gasteiger partial charge in [0.05, 0.1) is 19.1 Å². The van der Waals surface area contributed by atoms with Gasteiger partial charge in [-0.3, -0.25) is 15.0 Å². The maximum absolute atomic E-state index is 14.0. The van der Waals surface area contributed by atoms with Crippen LogP contribution in [0.4, 0.5) is 0 Å². The van der Waals surface area contributed by atoms with Crippen molar-refractivity contribution in [1.29, 1.82) is 0 Å². The van der Waals surface area contributed by atoms with Gasteiger partial charge in [-0.1, -0.05) is 84.9 Å². The summed E-state index contributed by atoms with van der Waals surface area (Å²) >= 11 is 0. The molecule has 0 bridgehead atoms. The monoisotopic (exact) mass is 580 g/mol. The van der Waals surface area contributed by atoms with Crippen LogP contribution in [0.1, 0.15) is 58.3 Å². The lowest BCUT2D eigenvalue weighted by atomic mass is 10.0. The van der Waals surface area contributed by atoms with Crippen molar-refractivity contribution in [2.24, 2.45) is 0 Å². The number of esters is 1. The normalized spacial score (nSPS) is 17.4. The number of benzene rings is 3. The summed E-state index contributed by atoms with van der Waals surface area (Å²) in [6, 6.07) is 31.8. The van der Waals surface area contributed by atoms with E-state index in [4.69, 9.17) is 13.9 Å². The van der Waals surface area contributed by atoms with E-state index in [1.165, 1.54) is 0 Å². The van der Waals surface area contributed by atoms with Crippen LogP contribution in [0.15, 0.2) is 101 Å². The molecular formula is C36H40N2O5. The number of nitrogens with zero attached hydrogens (tertiary/aromatic N) is 1. The summed E-state index contributed by atoms with van der Waals surface area (Å²) in [4.78, 5) is 26.9. The number of hydrogen-bond acceptors (Lipinski definition) is 6. The minimum Gasteiger partial charge on any atom is -0.460 e. The van der Waals surface area contributed by atoms with Crippen LogP contribution < -0.4 is 5.43 Å². The second-order valence-electron chi connectivity index (χ2n) is 12.4. The smallest absolute Gasteiger partial charge is 0.307 e. The Morgan fingerprint density at radius 3 is 2.14 bits per heavy atom. The van der Waals surface area contributed by atoms with E-state index in [1.54, 1.807) is 6.07 Å². The van der Waals surface area contributed by atoms with Crippen molar-refractivity contribution in [2.75, 3.05) is 6.61 Å². The molecule has 1 N–H and O–H groups in total. The Labute approximate surface area is 253 Å². The minimum atomic E-state index is -0.902. The average molecular weight is 581 g/mol. The number of nitrogens with one attached hydrogen (secondary N) is 1. The van der Waals surface area contributed by atoms with Gasteiger partial charge in [0.15, 0.2) is 0 Å². The van der Waals surface area contributed by atoms with Crippen LogP contribution in [0.25, 0.3) is 22.5 Å². The molecule has 0 unspecified atom stereocenters. The Kier molecular flexibility index (Phi) is 8.85. The van der Waals surface area contributed by atoms with Crippen molar-refractivity contribution in [1.82, 2.24) is 10.4 Å². The highest BCUT2D eigenvalue weighted by molar-refractivity contribution is 5.87. The summed E-state index contributed by atoms with van der Waals surface area (Å²) in [6.45, 7) is 9.73. The van der Waals surface area contributed by atoms with E-state index in [2.05, 4.69) is 29.7 Å². The molecule has 0 aliphatic carbocycles. The summed E-state index contributed by atoms with van der Waals surface area (Å²) in [5.74, 6) is -0.731. The maximum atomic E-state index is 14.0. The highest BCUT2D eigenvalue weighted by Gasteiger charge is 2.43. The number of rotatable bonds is 9. The van der Waals surface area contributed by atoms with Crippen LogP contribution in [0.3, 0.4) is 0 Å². The molecule has 1 amide bonds. The predicted octanol–water partition coefficient (Wildman–Crippen LogP) is 7.14. The second kappa shape index (κ2) is 12.6. The molecule has 2 atom stereocenters. The van der Waals surface area contributed by atoms with Crippen molar-refractivity contribution in [2.45, 2.75) is 70.7 Å². The van der Waals surface area contributed by atoms with E-state index in [9.17, 15) is 9.59 Å². The number of carbonyl (C=O) groups is 2. The minimum absolute atomic E-state index is 0.0844. The van der Waals surface area contributed by atoms with E-state index >= 15 is 0 Å². The largest absolute Gasteiger partial charge is 0.460 e. The van der Waals surface area contributed by atoms with Gasteiger partial charge in [-0.25, -0.2) is 0 Å².